The molecule has 0 spiro atoms. The molecule has 1 fully saturated rings. The Kier molecular flexibility index (Phi) is 4.53. The topological polar surface area (TPSA) is 21.3 Å². The van der Waals surface area contributed by atoms with Gasteiger partial charge < -0.3 is 10.1 Å². The maximum Gasteiger partial charge on any atom is 0.264 e. The Morgan fingerprint density at radius 1 is 1.33 bits per heavy atom. The van der Waals surface area contributed by atoms with Crippen molar-refractivity contribution in [3.05, 3.63) is 29.3 Å². The summed E-state index contributed by atoms with van der Waals surface area (Å²) in [5.74, 6) is 1.06. The second kappa shape index (κ2) is 6.14. The van der Waals surface area contributed by atoms with Gasteiger partial charge >= 0.3 is 0 Å². The van der Waals surface area contributed by atoms with Crippen LogP contribution in [0, 0.1) is 5.92 Å². The van der Waals surface area contributed by atoms with Crippen LogP contribution in [-0.2, 0) is 6.42 Å². The Labute approximate surface area is 106 Å². The molecule has 0 aliphatic carbocycles. The number of nitrogens with one attached hydrogen (secondary N) is 1. The predicted octanol–water partition coefficient (Wildman–Crippen LogP) is 3.17. The molecule has 1 aromatic carbocycles. The van der Waals surface area contributed by atoms with Crippen molar-refractivity contribution in [2.24, 2.45) is 5.92 Å². The first-order chi connectivity index (χ1) is 8.72. The van der Waals surface area contributed by atoms with Crippen LogP contribution in [0.3, 0.4) is 0 Å². The first-order valence-corrected chi connectivity index (χ1v) is 6.37. The summed E-state index contributed by atoms with van der Waals surface area (Å²) in [6.45, 7) is 1.95. The number of benzene rings is 1. The average molecular weight is 255 g/mol. The number of methoxy groups -OCH3 is 1. The summed E-state index contributed by atoms with van der Waals surface area (Å²) in [6, 6.07) is 4.90. The van der Waals surface area contributed by atoms with Gasteiger partial charge in [-0.05, 0) is 44.3 Å². The van der Waals surface area contributed by atoms with E-state index in [2.05, 4.69) is 5.32 Å². The van der Waals surface area contributed by atoms with Gasteiger partial charge in [0.05, 0.1) is 7.11 Å². The molecule has 0 saturated carbocycles. The highest BCUT2D eigenvalue weighted by Gasteiger charge is 2.21. The SMILES string of the molecule is COc1cccc(C(F)F)c1CC1CCNCC1. The molecule has 0 aromatic heterocycles. The lowest BCUT2D eigenvalue weighted by Gasteiger charge is -2.24. The van der Waals surface area contributed by atoms with Crippen LogP contribution < -0.4 is 10.1 Å². The minimum absolute atomic E-state index is 0.118. The van der Waals surface area contributed by atoms with Gasteiger partial charge in [-0.25, -0.2) is 8.78 Å². The number of rotatable bonds is 4. The van der Waals surface area contributed by atoms with Crippen molar-refractivity contribution in [3.8, 4) is 5.75 Å². The molecule has 1 aliphatic heterocycles. The molecule has 0 amide bonds. The average Bonchev–Trinajstić information content (AvgIpc) is 2.40. The predicted molar refractivity (Wildman–Crippen MR) is 67.2 cm³/mol. The summed E-state index contributed by atoms with van der Waals surface area (Å²) in [5, 5.41) is 3.29. The van der Waals surface area contributed by atoms with E-state index in [1.807, 2.05) is 0 Å². The molecule has 0 bridgehead atoms. The molecular weight excluding hydrogens is 236 g/mol. The minimum Gasteiger partial charge on any atom is -0.496 e. The lowest BCUT2D eigenvalue weighted by molar-refractivity contribution is 0.149. The van der Waals surface area contributed by atoms with E-state index in [4.69, 9.17) is 4.74 Å². The Hall–Kier alpha value is -1.16. The van der Waals surface area contributed by atoms with Crippen molar-refractivity contribution >= 4 is 0 Å². The normalized spacial score (nSPS) is 17.1. The number of halogens is 2. The molecule has 0 atom stereocenters. The molecule has 100 valence electrons. The molecule has 1 saturated heterocycles. The summed E-state index contributed by atoms with van der Waals surface area (Å²) >= 11 is 0. The van der Waals surface area contributed by atoms with Gasteiger partial charge in [0.2, 0.25) is 0 Å². The van der Waals surface area contributed by atoms with Crippen molar-refractivity contribution < 1.29 is 13.5 Å². The monoisotopic (exact) mass is 255 g/mol. The summed E-state index contributed by atoms with van der Waals surface area (Å²) < 4.78 is 31.3. The van der Waals surface area contributed by atoms with Crippen LogP contribution in [0.5, 0.6) is 5.75 Å². The van der Waals surface area contributed by atoms with E-state index < -0.39 is 6.43 Å². The number of alkyl halides is 2. The third-order valence-corrected chi connectivity index (χ3v) is 3.58. The molecule has 0 unspecified atom stereocenters. The fourth-order valence-electron chi connectivity index (χ4n) is 2.57. The van der Waals surface area contributed by atoms with E-state index >= 15 is 0 Å². The van der Waals surface area contributed by atoms with Crippen molar-refractivity contribution in [2.75, 3.05) is 20.2 Å². The molecule has 18 heavy (non-hydrogen) atoms. The summed E-state index contributed by atoms with van der Waals surface area (Å²) in [6.07, 6.45) is 0.337. The van der Waals surface area contributed by atoms with Gasteiger partial charge in [-0.1, -0.05) is 12.1 Å². The molecule has 2 rings (SSSR count). The quantitative estimate of drug-likeness (QED) is 0.892. The maximum atomic E-state index is 13.0. The van der Waals surface area contributed by atoms with E-state index in [0.717, 1.165) is 25.9 Å². The first-order valence-electron chi connectivity index (χ1n) is 6.37. The van der Waals surface area contributed by atoms with Crippen LogP contribution in [0.4, 0.5) is 8.78 Å². The Balaban J connectivity index is 2.22. The lowest BCUT2D eigenvalue weighted by atomic mass is 9.88. The lowest BCUT2D eigenvalue weighted by Crippen LogP contribution is -2.29. The third-order valence-electron chi connectivity index (χ3n) is 3.58. The third kappa shape index (κ3) is 2.99. The van der Waals surface area contributed by atoms with Gasteiger partial charge in [0.25, 0.3) is 6.43 Å². The van der Waals surface area contributed by atoms with Crippen molar-refractivity contribution in [1.82, 2.24) is 5.32 Å². The molecule has 1 heterocycles. The van der Waals surface area contributed by atoms with Gasteiger partial charge in [0.1, 0.15) is 5.75 Å². The van der Waals surface area contributed by atoms with Crippen LogP contribution in [0.25, 0.3) is 0 Å². The standard InChI is InChI=1S/C14H19F2NO/c1-18-13-4-2-3-11(14(15)16)12(13)9-10-5-7-17-8-6-10/h2-4,10,14,17H,5-9H2,1H3. The van der Waals surface area contributed by atoms with Crippen molar-refractivity contribution in [1.29, 1.82) is 0 Å². The van der Waals surface area contributed by atoms with Gasteiger partial charge in [0, 0.05) is 11.1 Å². The Morgan fingerprint density at radius 2 is 2.06 bits per heavy atom. The molecule has 1 aromatic rings. The van der Waals surface area contributed by atoms with E-state index in [1.54, 1.807) is 12.1 Å². The molecule has 1 N–H and O–H groups in total. The van der Waals surface area contributed by atoms with E-state index in [1.165, 1.54) is 13.2 Å². The Morgan fingerprint density at radius 3 is 2.67 bits per heavy atom. The van der Waals surface area contributed by atoms with Crippen LogP contribution in [-0.4, -0.2) is 20.2 Å². The van der Waals surface area contributed by atoms with Gasteiger partial charge in [-0.3, -0.25) is 0 Å². The number of hydrogen-bond donors (Lipinski definition) is 1. The highest BCUT2D eigenvalue weighted by atomic mass is 19.3. The summed E-state index contributed by atoms with van der Waals surface area (Å²) in [5.41, 5.74) is 0.801. The summed E-state index contributed by atoms with van der Waals surface area (Å²) in [7, 11) is 1.54. The van der Waals surface area contributed by atoms with Gasteiger partial charge in [0.15, 0.2) is 0 Å². The van der Waals surface area contributed by atoms with Crippen LogP contribution in [0.1, 0.15) is 30.4 Å². The molecule has 2 nitrogen and oxygen atoms in total. The minimum atomic E-state index is -2.43. The highest BCUT2D eigenvalue weighted by Crippen LogP contribution is 2.33. The molecule has 1 aliphatic rings. The zero-order valence-electron chi connectivity index (χ0n) is 10.6. The van der Waals surface area contributed by atoms with Crippen molar-refractivity contribution in [3.63, 3.8) is 0 Å². The maximum absolute atomic E-state index is 13.0. The number of piperidine rings is 1. The van der Waals surface area contributed by atoms with Gasteiger partial charge in [-0.15, -0.1) is 0 Å². The van der Waals surface area contributed by atoms with E-state index in [-0.39, 0.29) is 5.56 Å². The zero-order chi connectivity index (χ0) is 13.0. The van der Waals surface area contributed by atoms with Crippen molar-refractivity contribution in [2.45, 2.75) is 25.7 Å². The highest BCUT2D eigenvalue weighted by molar-refractivity contribution is 5.41. The summed E-state index contributed by atoms with van der Waals surface area (Å²) in [4.78, 5) is 0. The van der Waals surface area contributed by atoms with Crippen LogP contribution in [0.2, 0.25) is 0 Å². The van der Waals surface area contributed by atoms with Crippen LogP contribution in [0.15, 0.2) is 18.2 Å². The molecule has 4 heteroatoms. The number of hydrogen-bond acceptors (Lipinski definition) is 2. The first kappa shape index (κ1) is 13.3. The van der Waals surface area contributed by atoms with Gasteiger partial charge in [-0.2, -0.15) is 0 Å². The molecule has 0 radical (unpaired) electrons. The second-order valence-electron chi connectivity index (χ2n) is 4.73. The zero-order valence-corrected chi connectivity index (χ0v) is 10.6. The van der Waals surface area contributed by atoms with Crippen LogP contribution >= 0.6 is 0 Å². The van der Waals surface area contributed by atoms with E-state index in [9.17, 15) is 8.78 Å². The fraction of sp³-hybridized carbons (Fsp3) is 0.571. The fourth-order valence-corrected chi connectivity index (χ4v) is 2.57. The molecular formula is C14H19F2NO. The largest absolute Gasteiger partial charge is 0.496 e. The smallest absolute Gasteiger partial charge is 0.264 e. The second-order valence-corrected chi connectivity index (χ2v) is 4.73. The van der Waals surface area contributed by atoms with E-state index in [0.29, 0.717) is 23.7 Å². The Bertz CT molecular complexity index is 389. The number of ether oxygens (including phenoxy) is 1.